The molecule has 0 spiro atoms. The Kier molecular flexibility index (Phi) is 3.20. The van der Waals surface area contributed by atoms with Gasteiger partial charge >= 0.3 is 0 Å². The molecule has 1 N–H and O–H groups in total. The molecule has 1 aromatic carbocycles. The molecule has 1 aromatic rings. The molecule has 0 radical (unpaired) electrons. The van der Waals surface area contributed by atoms with Crippen molar-refractivity contribution in [2.45, 2.75) is 39.8 Å². The number of hydrogen-bond acceptors (Lipinski definition) is 2. The molecule has 1 aliphatic rings. The van der Waals surface area contributed by atoms with E-state index in [1.807, 2.05) is 0 Å². The Morgan fingerprint density at radius 1 is 1.12 bits per heavy atom. The molecule has 0 aromatic heterocycles. The van der Waals surface area contributed by atoms with E-state index in [1.165, 1.54) is 16.8 Å². The van der Waals surface area contributed by atoms with Gasteiger partial charge in [0.05, 0.1) is 0 Å². The third-order valence-electron chi connectivity index (χ3n) is 3.47. The predicted octanol–water partition coefficient (Wildman–Crippen LogP) is 2.49. The van der Waals surface area contributed by atoms with E-state index < -0.39 is 0 Å². The van der Waals surface area contributed by atoms with Crippen molar-refractivity contribution < 1.29 is 0 Å². The van der Waals surface area contributed by atoms with Crippen molar-refractivity contribution >= 4 is 5.69 Å². The summed E-state index contributed by atoms with van der Waals surface area (Å²) in [6, 6.07) is 7.74. The Labute approximate surface area is 98.7 Å². The van der Waals surface area contributed by atoms with Gasteiger partial charge in [-0.15, -0.1) is 0 Å². The molecular formula is C14H22N2. The van der Waals surface area contributed by atoms with Gasteiger partial charge in [-0.1, -0.05) is 12.1 Å². The lowest BCUT2D eigenvalue weighted by Gasteiger charge is -2.38. The van der Waals surface area contributed by atoms with Crippen molar-refractivity contribution in [1.29, 1.82) is 0 Å². The average Bonchev–Trinajstić information content (AvgIpc) is 2.20. The largest absolute Gasteiger partial charge is 0.368 e. The Bertz CT molecular complexity index is 363. The first kappa shape index (κ1) is 11.5. The fraction of sp³-hybridized carbons (Fsp3) is 0.571. The van der Waals surface area contributed by atoms with Gasteiger partial charge < -0.3 is 10.2 Å². The predicted molar refractivity (Wildman–Crippen MR) is 70.2 cm³/mol. The van der Waals surface area contributed by atoms with Gasteiger partial charge in [-0.25, -0.2) is 0 Å². The zero-order valence-corrected chi connectivity index (χ0v) is 10.7. The number of anilines is 1. The number of piperazine rings is 1. The number of nitrogens with zero attached hydrogens (tertiary/aromatic N) is 1. The molecule has 1 aliphatic heterocycles. The van der Waals surface area contributed by atoms with E-state index in [0.717, 1.165) is 13.1 Å². The van der Waals surface area contributed by atoms with Crippen molar-refractivity contribution in [3.05, 3.63) is 29.3 Å². The van der Waals surface area contributed by atoms with E-state index in [1.54, 1.807) is 0 Å². The number of hydrogen-bond donors (Lipinski definition) is 1. The smallest absolute Gasteiger partial charge is 0.0399 e. The third-order valence-corrected chi connectivity index (χ3v) is 3.47. The Hall–Kier alpha value is -1.02. The average molecular weight is 218 g/mol. The summed E-state index contributed by atoms with van der Waals surface area (Å²) in [5.74, 6) is 0. The van der Waals surface area contributed by atoms with E-state index in [4.69, 9.17) is 0 Å². The van der Waals surface area contributed by atoms with Crippen LogP contribution in [0.2, 0.25) is 0 Å². The maximum Gasteiger partial charge on any atom is 0.0399 e. The zero-order valence-electron chi connectivity index (χ0n) is 10.7. The summed E-state index contributed by atoms with van der Waals surface area (Å²) in [7, 11) is 0. The van der Waals surface area contributed by atoms with Gasteiger partial charge in [0.1, 0.15) is 0 Å². The number of nitrogens with one attached hydrogen (secondary N) is 1. The third kappa shape index (κ3) is 2.22. The van der Waals surface area contributed by atoms with Gasteiger partial charge in [0.25, 0.3) is 0 Å². The minimum atomic E-state index is 0.573. The maximum atomic E-state index is 3.57. The minimum Gasteiger partial charge on any atom is -0.368 e. The number of aryl methyl sites for hydroxylation is 1. The summed E-state index contributed by atoms with van der Waals surface area (Å²) in [5, 5.41) is 3.57. The lowest BCUT2D eigenvalue weighted by Crippen LogP contribution is -2.54. The van der Waals surface area contributed by atoms with Gasteiger partial charge in [-0.05, 0) is 44.9 Å². The SMILES string of the molecule is Cc1cccc(N2CC(C)NC(C)C2)c1C. The van der Waals surface area contributed by atoms with Crippen LogP contribution in [-0.2, 0) is 0 Å². The highest BCUT2D eigenvalue weighted by Crippen LogP contribution is 2.24. The van der Waals surface area contributed by atoms with Crippen LogP contribution < -0.4 is 10.2 Å². The summed E-state index contributed by atoms with van der Waals surface area (Å²) >= 11 is 0. The fourth-order valence-electron chi connectivity index (χ4n) is 2.60. The van der Waals surface area contributed by atoms with Gasteiger partial charge in [0.2, 0.25) is 0 Å². The second-order valence-electron chi connectivity index (χ2n) is 5.09. The van der Waals surface area contributed by atoms with Crippen molar-refractivity contribution in [3.8, 4) is 0 Å². The van der Waals surface area contributed by atoms with E-state index in [-0.39, 0.29) is 0 Å². The monoisotopic (exact) mass is 218 g/mol. The van der Waals surface area contributed by atoms with Crippen LogP contribution in [0.4, 0.5) is 5.69 Å². The van der Waals surface area contributed by atoms with Crippen LogP contribution in [-0.4, -0.2) is 25.2 Å². The first-order valence-corrected chi connectivity index (χ1v) is 6.15. The minimum absolute atomic E-state index is 0.573. The molecule has 1 fully saturated rings. The molecule has 0 amide bonds. The molecule has 1 heterocycles. The normalized spacial score (nSPS) is 25.9. The lowest BCUT2D eigenvalue weighted by molar-refractivity contribution is 0.406. The van der Waals surface area contributed by atoms with Crippen LogP contribution in [0.25, 0.3) is 0 Å². The standard InChI is InChI=1S/C14H22N2/c1-10-6-5-7-14(13(10)4)16-8-11(2)15-12(3)9-16/h5-7,11-12,15H,8-9H2,1-4H3. The topological polar surface area (TPSA) is 15.3 Å². The van der Waals surface area contributed by atoms with Gasteiger partial charge in [0.15, 0.2) is 0 Å². The van der Waals surface area contributed by atoms with Crippen molar-refractivity contribution in [2.75, 3.05) is 18.0 Å². The number of benzene rings is 1. The van der Waals surface area contributed by atoms with E-state index in [2.05, 4.69) is 56.1 Å². The summed E-state index contributed by atoms with van der Waals surface area (Å²) in [5.41, 5.74) is 4.21. The molecule has 2 heteroatoms. The molecule has 2 rings (SSSR count). The Balaban J connectivity index is 2.26. The molecular weight excluding hydrogens is 196 g/mol. The highest BCUT2D eigenvalue weighted by molar-refractivity contribution is 5.56. The van der Waals surface area contributed by atoms with Gasteiger partial charge in [0, 0.05) is 30.9 Å². The van der Waals surface area contributed by atoms with Crippen LogP contribution in [0, 0.1) is 13.8 Å². The quantitative estimate of drug-likeness (QED) is 0.779. The molecule has 0 aliphatic carbocycles. The first-order chi connectivity index (χ1) is 7.58. The first-order valence-electron chi connectivity index (χ1n) is 6.15. The molecule has 1 saturated heterocycles. The van der Waals surface area contributed by atoms with Crippen molar-refractivity contribution in [2.24, 2.45) is 0 Å². The van der Waals surface area contributed by atoms with Crippen LogP contribution >= 0.6 is 0 Å². The maximum absolute atomic E-state index is 3.57. The summed E-state index contributed by atoms with van der Waals surface area (Å²) in [6.07, 6.45) is 0. The molecule has 2 atom stereocenters. The molecule has 16 heavy (non-hydrogen) atoms. The highest BCUT2D eigenvalue weighted by atomic mass is 15.2. The van der Waals surface area contributed by atoms with E-state index in [0.29, 0.717) is 12.1 Å². The van der Waals surface area contributed by atoms with E-state index in [9.17, 15) is 0 Å². The second-order valence-corrected chi connectivity index (χ2v) is 5.09. The van der Waals surface area contributed by atoms with Crippen LogP contribution in [0.1, 0.15) is 25.0 Å². The molecule has 2 nitrogen and oxygen atoms in total. The lowest BCUT2D eigenvalue weighted by atomic mass is 10.0. The zero-order chi connectivity index (χ0) is 11.7. The van der Waals surface area contributed by atoms with Crippen molar-refractivity contribution in [1.82, 2.24) is 5.32 Å². The summed E-state index contributed by atoms with van der Waals surface area (Å²) < 4.78 is 0. The van der Waals surface area contributed by atoms with Gasteiger partial charge in [-0.2, -0.15) is 0 Å². The molecule has 2 unspecified atom stereocenters. The van der Waals surface area contributed by atoms with Gasteiger partial charge in [-0.3, -0.25) is 0 Å². The molecule has 0 saturated carbocycles. The Morgan fingerprint density at radius 3 is 2.38 bits per heavy atom. The molecule has 88 valence electrons. The Morgan fingerprint density at radius 2 is 1.75 bits per heavy atom. The van der Waals surface area contributed by atoms with Crippen molar-refractivity contribution in [3.63, 3.8) is 0 Å². The second kappa shape index (κ2) is 4.46. The van der Waals surface area contributed by atoms with Crippen LogP contribution in [0.5, 0.6) is 0 Å². The van der Waals surface area contributed by atoms with Crippen LogP contribution in [0.15, 0.2) is 18.2 Å². The summed E-state index contributed by atoms with van der Waals surface area (Å²) in [6.45, 7) is 11.1. The summed E-state index contributed by atoms with van der Waals surface area (Å²) in [4.78, 5) is 2.51. The van der Waals surface area contributed by atoms with E-state index >= 15 is 0 Å². The fourth-order valence-corrected chi connectivity index (χ4v) is 2.60. The highest BCUT2D eigenvalue weighted by Gasteiger charge is 2.22. The van der Waals surface area contributed by atoms with Crippen LogP contribution in [0.3, 0.4) is 0 Å². The number of rotatable bonds is 1. The molecule has 0 bridgehead atoms.